The number of carbonyl (C=O) groups excluding carboxylic acids is 2. The summed E-state index contributed by atoms with van der Waals surface area (Å²) >= 11 is 0. The lowest BCUT2D eigenvalue weighted by molar-refractivity contribution is -0.149. The fraction of sp³-hybridized carbons (Fsp3) is 0.652. The summed E-state index contributed by atoms with van der Waals surface area (Å²) in [5, 5.41) is 0. The first kappa shape index (κ1) is 24.5. The number of piperidine rings is 1. The van der Waals surface area contributed by atoms with Crippen LogP contribution in [0.2, 0.25) is 0 Å². The van der Waals surface area contributed by atoms with Crippen molar-refractivity contribution in [3.63, 3.8) is 0 Å². The third-order valence-electron chi connectivity index (χ3n) is 6.54. The normalized spacial score (nSPS) is 22.8. The molecular weight excluding hydrogens is 430 g/mol. The average molecular weight is 466 g/mol. The van der Waals surface area contributed by atoms with Crippen molar-refractivity contribution in [3.05, 3.63) is 29.8 Å². The van der Waals surface area contributed by atoms with Crippen molar-refractivity contribution in [2.24, 2.45) is 5.92 Å². The maximum atomic E-state index is 13.7. The number of likely N-dealkylation sites (tertiary alicyclic amines) is 1. The second kappa shape index (κ2) is 10.7. The molecule has 0 spiro atoms. The van der Waals surface area contributed by atoms with Gasteiger partial charge in [0.1, 0.15) is 5.75 Å². The second-order valence-corrected chi connectivity index (χ2v) is 10.7. The van der Waals surface area contributed by atoms with Crippen molar-refractivity contribution in [1.82, 2.24) is 14.1 Å². The highest BCUT2D eigenvalue weighted by Gasteiger charge is 2.43. The van der Waals surface area contributed by atoms with E-state index in [4.69, 9.17) is 4.74 Å². The monoisotopic (exact) mass is 465 g/mol. The predicted octanol–water partition coefficient (Wildman–Crippen LogP) is 2.27. The number of piperazine rings is 1. The van der Waals surface area contributed by atoms with Gasteiger partial charge < -0.3 is 14.5 Å². The van der Waals surface area contributed by atoms with E-state index in [1.807, 2.05) is 29.2 Å². The number of nitrogens with zero attached hydrogens (tertiary/aromatic N) is 3. The molecule has 2 heterocycles. The van der Waals surface area contributed by atoms with Gasteiger partial charge in [0.05, 0.1) is 24.8 Å². The Morgan fingerprint density at radius 1 is 1.12 bits per heavy atom. The Morgan fingerprint density at radius 3 is 2.44 bits per heavy atom. The minimum Gasteiger partial charge on any atom is -0.496 e. The van der Waals surface area contributed by atoms with E-state index in [0.717, 1.165) is 18.4 Å². The van der Waals surface area contributed by atoms with Crippen LogP contribution in [0.5, 0.6) is 5.75 Å². The van der Waals surface area contributed by atoms with Gasteiger partial charge in [0, 0.05) is 44.7 Å². The number of ether oxygens (including phenoxy) is 1. The topological polar surface area (TPSA) is 87.2 Å². The molecule has 0 aromatic heterocycles. The minimum absolute atomic E-state index is 0.0107. The van der Waals surface area contributed by atoms with Crippen LogP contribution >= 0.6 is 0 Å². The second-order valence-electron chi connectivity index (χ2n) is 8.40. The summed E-state index contributed by atoms with van der Waals surface area (Å²) in [4.78, 5) is 30.2. The summed E-state index contributed by atoms with van der Waals surface area (Å²) in [6.07, 6.45) is 2.65. The van der Waals surface area contributed by atoms with Crippen LogP contribution < -0.4 is 4.74 Å². The Hall–Kier alpha value is -2.13. The molecule has 0 bridgehead atoms. The predicted molar refractivity (Wildman–Crippen MR) is 123 cm³/mol. The largest absolute Gasteiger partial charge is 0.496 e. The fourth-order valence-electron chi connectivity index (χ4n) is 4.70. The van der Waals surface area contributed by atoms with Gasteiger partial charge in [-0.25, -0.2) is 8.42 Å². The SMILES string of the molecule is CCCCN1C(=O)CCC(C(=O)N2CCN(S(=O)(=O)CC)CC2)C1c1ccccc1OC. The first-order chi connectivity index (χ1) is 15.3. The Morgan fingerprint density at radius 2 is 1.81 bits per heavy atom. The number of methoxy groups -OCH3 is 1. The van der Waals surface area contributed by atoms with Gasteiger partial charge in [-0.15, -0.1) is 0 Å². The summed E-state index contributed by atoms with van der Waals surface area (Å²) in [6, 6.07) is 7.21. The Bertz CT molecular complexity index is 912. The molecule has 1 aromatic rings. The zero-order valence-corrected chi connectivity index (χ0v) is 20.1. The van der Waals surface area contributed by atoms with Crippen LogP contribution in [0.3, 0.4) is 0 Å². The highest BCUT2D eigenvalue weighted by Crippen LogP contribution is 2.41. The molecule has 8 nitrogen and oxygen atoms in total. The molecule has 9 heteroatoms. The lowest BCUT2D eigenvalue weighted by atomic mass is 9.82. The number of carbonyl (C=O) groups is 2. The van der Waals surface area contributed by atoms with Gasteiger partial charge in [-0.05, 0) is 25.8 Å². The van der Waals surface area contributed by atoms with Crippen molar-refractivity contribution in [2.45, 2.75) is 45.6 Å². The lowest BCUT2D eigenvalue weighted by Crippen LogP contribution is -2.55. The van der Waals surface area contributed by atoms with Gasteiger partial charge in [-0.2, -0.15) is 4.31 Å². The van der Waals surface area contributed by atoms with Crippen molar-refractivity contribution in [2.75, 3.05) is 45.6 Å². The molecule has 2 aliphatic heterocycles. The van der Waals surface area contributed by atoms with E-state index in [1.54, 1.807) is 18.9 Å². The quantitative estimate of drug-likeness (QED) is 0.588. The Kier molecular flexibility index (Phi) is 8.16. The first-order valence-electron chi connectivity index (χ1n) is 11.5. The third kappa shape index (κ3) is 5.09. The molecule has 0 aliphatic carbocycles. The van der Waals surface area contributed by atoms with E-state index in [1.165, 1.54) is 4.31 Å². The summed E-state index contributed by atoms with van der Waals surface area (Å²) in [6.45, 7) is 5.68. The minimum atomic E-state index is -3.26. The maximum Gasteiger partial charge on any atom is 0.228 e. The number of unbranched alkanes of at least 4 members (excludes halogenated alkanes) is 1. The first-order valence-corrected chi connectivity index (χ1v) is 13.1. The average Bonchev–Trinajstić information content (AvgIpc) is 2.82. The van der Waals surface area contributed by atoms with E-state index in [0.29, 0.717) is 51.3 Å². The summed E-state index contributed by atoms with van der Waals surface area (Å²) < 4.78 is 31.4. The molecule has 32 heavy (non-hydrogen) atoms. The van der Waals surface area contributed by atoms with E-state index >= 15 is 0 Å². The van der Waals surface area contributed by atoms with E-state index < -0.39 is 10.0 Å². The molecule has 0 N–H and O–H groups in total. The fourth-order valence-corrected chi connectivity index (χ4v) is 5.79. The van der Waals surface area contributed by atoms with Crippen LogP contribution in [0.15, 0.2) is 24.3 Å². The molecule has 2 aliphatic rings. The maximum absolute atomic E-state index is 13.7. The third-order valence-corrected chi connectivity index (χ3v) is 8.42. The van der Waals surface area contributed by atoms with Crippen LogP contribution in [0.1, 0.15) is 51.1 Å². The van der Waals surface area contributed by atoms with Gasteiger partial charge in [0.25, 0.3) is 0 Å². The van der Waals surface area contributed by atoms with Crippen LogP contribution in [0.4, 0.5) is 0 Å². The summed E-state index contributed by atoms with van der Waals surface area (Å²) in [7, 11) is -1.66. The molecule has 0 radical (unpaired) electrons. The molecule has 2 atom stereocenters. The number of sulfonamides is 1. The lowest BCUT2D eigenvalue weighted by Gasteiger charge is -2.44. The van der Waals surface area contributed by atoms with Gasteiger partial charge in [0.15, 0.2) is 0 Å². The highest BCUT2D eigenvalue weighted by atomic mass is 32.2. The molecule has 2 unspecified atom stereocenters. The van der Waals surface area contributed by atoms with Crippen molar-refractivity contribution in [3.8, 4) is 5.75 Å². The summed E-state index contributed by atoms with van der Waals surface area (Å²) in [5.41, 5.74) is 0.852. The summed E-state index contributed by atoms with van der Waals surface area (Å²) in [5.74, 6) is 0.412. The molecule has 3 rings (SSSR count). The van der Waals surface area contributed by atoms with E-state index in [2.05, 4.69) is 6.92 Å². The van der Waals surface area contributed by atoms with Crippen LogP contribution in [0.25, 0.3) is 0 Å². The van der Waals surface area contributed by atoms with Gasteiger partial charge in [-0.3, -0.25) is 9.59 Å². The molecular formula is C23H35N3O5S. The van der Waals surface area contributed by atoms with Gasteiger partial charge >= 0.3 is 0 Å². The van der Waals surface area contributed by atoms with Crippen molar-refractivity contribution >= 4 is 21.8 Å². The van der Waals surface area contributed by atoms with Crippen LogP contribution in [0, 0.1) is 5.92 Å². The molecule has 178 valence electrons. The van der Waals surface area contributed by atoms with Crippen molar-refractivity contribution in [1.29, 1.82) is 0 Å². The van der Waals surface area contributed by atoms with Gasteiger partial charge in [0.2, 0.25) is 21.8 Å². The molecule has 2 amide bonds. The van der Waals surface area contributed by atoms with Crippen molar-refractivity contribution < 1.29 is 22.7 Å². The van der Waals surface area contributed by atoms with E-state index in [-0.39, 0.29) is 29.5 Å². The van der Waals surface area contributed by atoms with Gasteiger partial charge in [-0.1, -0.05) is 31.5 Å². The molecule has 1 aromatic carbocycles. The number of hydrogen-bond acceptors (Lipinski definition) is 5. The smallest absolute Gasteiger partial charge is 0.228 e. The van der Waals surface area contributed by atoms with Crippen LogP contribution in [-0.2, 0) is 19.6 Å². The number of para-hydroxylation sites is 1. The molecule has 0 saturated carbocycles. The number of benzene rings is 1. The zero-order chi connectivity index (χ0) is 23.3. The standard InChI is InChI=1S/C23H35N3O5S/c1-4-6-13-26-21(27)12-11-19(22(26)18-9-7-8-10-20(18)31-3)23(28)24-14-16-25(17-15-24)32(29,30)5-2/h7-10,19,22H,4-6,11-17H2,1-3H3. The highest BCUT2D eigenvalue weighted by molar-refractivity contribution is 7.89. The Balaban J connectivity index is 1.87. The Labute approximate surface area is 191 Å². The molecule has 2 fully saturated rings. The van der Waals surface area contributed by atoms with E-state index in [9.17, 15) is 18.0 Å². The van der Waals surface area contributed by atoms with Crippen LogP contribution in [-0.4, -0.2) is 79.9 Å². The number of hydrogen-bond donors (Lipinski definition) is 0. The zero-order valence-electron chi connectivity index (χ0n) is 19.3. The number of rotatable bonds is 8. The number of amides is 2. The molecule has 2 saturated heterocycles.